The van der Waals surface area contributed by atoms with Gasteiger partial charge in [-0.25, -0.2) is 28.8 Å². The van der Waals surface area contributed by atoms with Crippen molar-refractivity contribution < 1.29 is 69.2 Å². The first kappa shape index (κ1) is 54.6. The third-order valence-electron chi connectivity index (χ3n) is 3.38. The number of aliphatic hydroxyl groups excluding tert-OH is 4. The lowest BCUT2D eigenvalue weighted by Crippen LogP contribution is -2.37. The van der Waals surface area contributed by atoms with E-state index in [9.17, 15) is 28.8 Å². The molecule has 0 bridgehead atoms. The van der Waals surface area contributed by atoms with Crippen LogP contribution < -0.4 is 5.73 Å². The molecular weight excluding hydrogens is 578 g/mol. The Labute approximate surface area is 251 Å². The molecule has 250 valence electrons. The number of ether oxygens (including phenoxy) is 1. The van der Waals surface area contributed by atoms with Crippen molar-refractivity contribution in [2.45, 2.75) is 46.5 Å². The Morgan fingerprint density at radius 1 is 0.721 bits per heavy atom. The number of nitrogens with two attached hydrogens (primary N) is 1. The van der Waals surface area contributed by atoms with Crippen LogP contribution in [0.3, 0.4) is 0 Å². The predicted octanol–water partition coefficient (Wildman–Crippen LogP) is 1.02. The van der Waals surface area contributed by atoms with Gasteiger partial charge in [-0.2, -0.15) is 9.98 Å². The molecule has 0 aliphatic carbocycles. The van der Waals surface area contributed by atoms with Crippen LogP contribution in [-0.4, -0.2) is 112 Å². The number of carbonyl (C=O) groups is 4. The van der Waals surface area contributed by atoms with Gasteiger partial charge in [-0.05, 0) is 6.92 Å². The smallest absolute Gasteiger partial charge is 0.404 e. The zero-order valence-corrected chi connectivity index (χ0v) is 24.9. The maximum absolute atomic E-state index is 9.60. The highest BCUT2D eigenvalue weighted by Crippen LogP contribution is 2.11. The van der Waals surface area contributed by atoms with Crippen LogP contribution in [0.4, 0.5) is 4.79 Å². The van der Waals surface area contributed by atoms with Crippen molar-refractivity contribution in [3.05, 3.63) is 38.0 Å². The van der Waals surface area contributed by atoms with Crippen LogP contribution in [0.15, 0.2) is 47.9 Å². The molecule has 0 saturated carbocycles. The van der Waals surface area contributed by atoms with E-state index in [0.29, 0.717) is 6.61 Å². The summed E-state index contributed by atoms with van der Waals surface area (Å²) in [5, 5.41) is 56.8. The first-order chi connectivity index (χ1) is 20.2. The van der Waals surface area contributed by atoms with Crippen molar-refractivity contribution in [1.82, 2.24) is 0 Å². The summed E-state index contributed by atoms with van der Waals surface area (Å²) in [5.41, 5.74) is 3.43. The minimum atomic E-state index is -1.11. The number of amides is 1. The molecule has 0 spiro atoms. The molecule has 0 aliphatic rings. The van der Waals surface area contributed by atoms with Crippen LogP contribution in [0.25, 0.3) is 0 Å². The third kappa shape index (κ3) is 85.6. The second-order valence-corrected chi connectivity index (χ2v) is 6.86. The molecule has 17 heteroatoms. The number of nitrogens with zero attached hydrogens (tertiary/aromatic N) is 2. The fourth-order valence-corrected chi connectivity index (χ4v) is 1.04. The Hall–Kier alpha value is -4.50. The fraction of sp³-hybridized carbons (Fsp3) is 0.538. The van der Waals surface area contributed by atoms with Gasteiger partial charge in [-0.1, -0.05) is 59.3 Å². The number of rotatable bonds is 13. The number of hydrogen-bond acceptors (Lipinski definition) is 13. The van der Waals surface area contributed by atoms with E-state index in [1.165, 1.54) is 37.8 Å². The van der Waals surface area contributed by atoms with Gasteiger partial charge >= 0.3 is 24.0 Å². The van der Waals surface area contributed by atoms with Crippen LogP contribution in [0.2, 0.25) is 0 Å². The molecule has 9 N–H and O–H groups in total. The predicted molar refractivity (Wildman–Crippen MR) is 156 cm³/mol. The highest BCUT2D eigenvalue weighted by atomic mass is 16.5. The molecule has 43 heavy (non-hydrogen) atoms. The molecule has 0 atom stereocenters. The number of isocyanates is 2. The topological polar surface area (TPSA) is 304 Å². The SMILES string of the molecule is C=CC(=O)O.C=CC(=O)O.C=CC(=O)O.CCCCCC.CCOC(N)=O.O=C=NCN=C=O.OCC(CO)(CO)CO. The number of aliphatic carboxylic acids is 3. The summed E-state index contributed by atoms with van der Waals surface area (Å²) in [7, 11) is 0. The minimum absolute atomic E-state index is 0.160. The van der Waals surface area contributed by atoms with Gasteiger partial charge in [0.1, 0.15) is 0 Å². The fourth-order valence-electron chi connectivity index (χ4n) is 1.04. The number of aliphatic imine (C=N–C) groups is 2. The van der Waals surface area contributed by atoms with E-state index >= 15 is 0 Å². The van der Waals surface area contributed by atoms with E-state index in [0.717, 1.165) is 18.2 Å². The van der Waals surface area contributed by atoms with Crippen LogP contribution in [-0.2, 0) is 28.7 Å². The van der Waals surface area contributed by atoms with Gasteiger partial charge in [0.25, 0.3) is 0 Å². The van der Waals surface area contributed by atoms with Gasteiger partial charge in [-0.3, -0.25) is 0 Å². The number of carboxylic acids is 3. The molecule has 0 fully saturated rings. The number of hydrogen-bond donors (Lipinski definition) is 8. The van der Waals surface area contributed by atoms with E-state index in [2.05, 4.69) is 54.0 Å². The van der Waals surface area contributed by atoms with E-state index in [4.69, 9.17) is 35.7 Å². The second-order valence-electron chi connectivity index (χ2n) is 6.86. The molecule has 0 heterocycles. The largest absolute Gasteiger partial charge is 0.478 e. The van der Waals surface area contributed by atoms with Crippen molar-refractivity contribution in [3.63, 3.8) is 0 Å². The minimum Gasteiger partial charge on any atom is -0.478 e. The molecule has 0 aromatic heterocycles. The molecule has 17 nitrogen and oxygen atoms in total. The van der Waals surface area contributed by atoms with Crippen LogP contribution in [0.1, 0.15) is 46.5 Å². The summed E-state index contributed by atoms with van der Waals surface area (Å²) in [5.74, 6) is -2.94. The summed E-state index contributed by atoms with van der Waals surface area (Å²) in [6, 6.07) is 0. The van der Waals surface area contributed by atoms with Gasteiger partial charge in [0, 0.05) is 18.2 Å². The highest BCUT2D eigenvalue weighted by molar-refractivity contribution is 5.79. The number of aliphatic hydroxyl groups is 4. The third-order valence-corrected chi connectivity index (χ3v) is 3.38. The Morgan fingerprint density at radius 2 is 0.977 bits per heavy atom. The van der Waals surface area contributed by atoms with Crippen LogP contribution in [0, 0.1) is 5.41 Å². The quantitative estimate of drug-likeness (QED) is 0.0613. The molecule has 0 unspecified atom stereocenters. The van der Waals surface area contributed by atoms with Crippen LogP contribution >= 0.6 is 0 Å². The molecule has 1 amide bonds. The van der Waals surface area contributed by atoms with Crippen molar-refractivity contribution in [3.8, 4) is 0 Å². The van der Waals surface area contributed by atoms with Crippen molar-refractivity contribution in [2.75, 3.05) is 39.7 Å². The number of carboxylic acid groups (broad SMARTS) is 3. The normalized spacial score (nSPS) is 7.98. The molecule has 0 rings (SSSR count). The number of primary amides is 1. The average Bonchev–Trinajstić information content (AvgIpc) is 2.99. The van der Waals surface area contributed by atoms with Crippen molar-refractivity contribution in [2.24, 2.45) is 21.1 Å². The van der Waals surface area contributed by atoms with Gasteiger partial charge in [0.15, 0.2) is 6.67 Å². The monoisotopic (exact) mass is 625 g/mol. The lowest BCUT2D eigenvalue weighted by Gasteiger charge is -2.23. The summed E-state index contributed by atoms with van der Waals surface area (Å²) in [4.78, 5) is 61.6. The molecule has 0 aromatic carbocycles. The highest BCUT2D eigenvalue weighted by Gasteiger charge is 2.26. The van der Waals surface area contributed by atoms with Crippen LogP contribution in [0.5, 0.6) is 0 Å². The second kappa shape index (κ2) is 50.3. The number of unbranched alkanes of at least 4 members (excludes halogenated alkanes) is 3. The maximum atomic E-state index is 9.60. The summed E-state index contributed by atoms with van der Waals surface area (Å²) in [6.45, 7) is 13.6. The molecule has 0 saturated heterocycles. The zero-order valence-electron chi connectivity index (χ0n) is 24.9. The van der Waals surface area contributed by atoms with Gasteiger partial charge in [0.2, 0.25) is 12.2 Å². The van der Waals surface area contributed by atoms with E-state index in [-0.39, 0.29) is 6.67 Å². The summed E-state index contributed by atoms with van der Waals surface area (Å²) >= 11 is 0. The zero-order chi connectivity index (χ0) is 35.5. The Morgan fingerprint density at radius 3 is 1.05 bits per heavy atom. The Balaban J connectivity index is -0.0000000711. The van der Waals surface area contributed by atoms with E-state index in [1.54, 1.807) is 6.92 Å². The summed E-state index contributed by atoms with van der Waals surface area (Å²) < 4.78 is 4.18. The molecule has 0 aliphatic heterocycles. The van der Waals surface area contributed by atoms with E-state index in [1.807, 2.05) is 0 Å². The number of carbonyl (C=O) groups excluding carboxylic acids is 3. The first-order valence-electron chi connectivity index (χ1n) is 12.1. The van der Waals surface area contributed by atoms with Crippen molar-refractivity contribution >= 4 is 36.2 Å². The standard InChI is InChI=1S/C6H14.C5H12O4.C3H2N2O2.C3H7NO2.3C3H4O2/c1-3-5-6-4-2;6-1-5(2-7,3-8)4-9;6-2-4-1-5-3-7;1-2-6-3(4)5;3*1-2-3(4)5/h3-6H2,1-2H3;6-9H,1-4H2;1H2;2H2,1H3,(H2,4,5);3*2H,1H2,(H,4,5). The summed E-state index contributed by atoms with van der Waals surface area (Å²) in [6.07, 6.45) is 9.74. The van der Waals surface area contributed by atoms with Gasteiger partial charge < -0.3 is 46.2 Å². The molecule has 0 aromatic rings. The Bertz CT molecular complexity index is 723. The lowest BCUT2D eigenvalue weighted by atomic mass is 9.93. The van der Waals surface area contributed by atoms with Gasteiger partial charge in [0.05, 0.1) is 38.4 Å². The lowest BCUT2D eigenvalue weighted by molar-refractivity contribution is -0.132. The van der Waals surface area contributed by atoms with Gasteiger partial charge in [-0.15, -0.1) is 0 Å². The van der Waals surface area contributed by atoms with Crippen molar-refractivity contribution in [1.29, 1.82) is 0 Å². The Kier molecular flexibility index (Phi) is 63.9. The average molecular weight is 626 g/mol. The maximum Gasteiger partial charge on any atom is 0.404 e. The first-order valence-corrected chi connectivity index (χ1v) is 12.1. The molecular formula is C26H47N3O14. The van der Waals surface area contributed by atoms with E-state index < -0.39 is 55.8 Å². The molecule has 0 radical (unpaired) electrons.